The molecular formula is C13H24BrN3. The number of nitrogens with one attached hydrogen (secondary N) is 1. The molecule has 1 N–H and O–H groups in total. The van der Waals surface area contributed by atoms with Crippen LogP contribution >= 0.6 is 15.9 Å². The summed E-state index contributed by atoms with van der Waals surface area (Å²) in [6, 6.07) is 0. The fraction of sp³-hybridized carbons (Fsp3) is 0.769. The third kappa shape index (κ3) is 3.81. The lowest BCUT2D eigenvalue weighted by Crippen LogP contribution is -2.14. The summed E-state index contributed by atoms with van der Waals surface area (Å²) in [5.41, 5.74) is 2.54. The Bertz CT molecular complexity index is 347. The van der Waals surface area contributed by atoms with Crippen molar-refractivity contribution in [1.82, 2.24) is 15.1 Å². The topological polar surface area (TPSA) is 29.9 Å². The van der Waals surface area contributed by atoms with Gasteiger partial charge in [0.15, 0.2) is 0 Å². The van der Waals surface area contributed by atoms with E-state index in [1.54, 1.807) is 0 Å². The molecule has 1 unspecified atom stereocenters. The molecule has 0 aromatic carbocycles. The lowest BCUT2D eigenvalue weighted by Gasteiger charge is -2.12. The summed E-state index contributed by atoms with van der Waals surface area (Å²) in [6.07, 6.45) is 3.30. The van der Waals surface area contributed by atoms with Crippen LogP contribution in [-0.4, -0.2) is 23.4 Å². The van der Waals surface area contributed by atoms with Gasteiger partial charge in [-0.1, -0.05) is 13.8 Å². The van der Waals surface area contributed by atoms with Crippen molar-refractivity contribution in [3.05, 3.63) is 15.9 Å². The number of hydrogen-bond acceptors (Lipinski definition) is 2. The monoisotopic (exact) mass is 301 g/mol. The van der Waals surface area contributed by atoms with Crippen LogP contribution in [-0.2, 0) is 19.4 Å². The minimum atomic E-state index is 0.686. The zero-order valence-corrected chi connectivity index (χ0v) is 13.0. The Hall–Kier alpha value is -0.350. The van der Waals surface area contributed by atoms with Crippen LogP contribution < -0.4 is 5.32 Å². The Morgan fingerprint density at radius 2 is 2.12 bits per heavy atom. The van der Waals surface area contributed by atoms with Gasteiger partial charge in [-0.05, 0) is 61.6 Å². The summed E-state index contributed by atoms with van der Waals surface area (Å²) in [5, 5.41) is 7.84. The lowest BCUT2D eigenvalue weighted by molar-refractivity contribution is 0.487. The summed E-state index contributed by atoms with van der Waals surface area (Å²) < 4.78 is 3.36. The fourth-order valence-corrected chi connectivity index (χ4v) is 2.76. The molecule has 1 atom stereocenters. The maximum atomic E-state index is 4.63. The molecule has 4 heteroatoms. The number of aryl methyl sites for hydroxylation is 2. The first-order valence-corrected chi connectivity index (χ1v) is 7.31. The Morgan fingerprint density at radius 3 is 2.65 bits per heavy atom. The van der Waals surface area contributed by atoms with Crippen LogP contribution in [0.15, 0.2) is 4.47 Å². The zero-order chi connectivity index (χ0) is 12.8. The molecule has 0 bridgehead atoms. The van der Waals surface area contributed by atoms with Gasteiger partial charge in [-0.25, -0.2) is 0 Å². The van der Waals surface area contributed by atoms with Gasteiger partial charge >= 0.3 is 0 Å². The largest absolute Gasteiger partial charge is 0.320 e. The van der Waals surface area contributed by atoms with Crippen LogP contribution in [0.4, 0.5) is 0 Å². The van der Waals surface area contributed by atoms with Crippen molar-refractivity contribution in [3.8, 4) is 0 Å². The van der Waals surface area contributed by atoms with E-state index in [0.29, 0.717) is 5.92 Å². The quantitative estimate of drug-likeness (QED) is 0.839. The van der Waals surface area contributed by atoms with Crippen LogP contribution in [0.3, 0.4) is 0 Å². The van der Waals surface area contributed by atoms with E-state index >= 15 is 0 Å². The van der Waals surface area contributed by atoms with Crippen molar-refractivity contribution in [3.63, 3.8) is 0 Å². The SMILES string of the molecule is CCc1nn(CC)c(CC(C)CCNC)c1Br. The maximum absolute atomic E-state index is 4.63. The van der Waals surface area contributed by atoms with Gasteiger partial charge in [0.25, 0.3) is 0 Å². The van der Waals surface area contributed by atoms with E-state index < -0.39 is 0 Å². The highest BCUT2D eigenvalue weighted by Crippen LogP contribution is 2.25. The first-order valence-electron chi connectivity index (χ1n) is 6.52. The van der Waals surface area contributed by atoms with Gasteiger partial charge in [0.2, 0.25) is 0 Å². The maximum Gasteiger partial charge on any atom is 0.0766 e. The third-order valence-electron chi connectivity index (χ3n) is 3.12. The normalized spacial score (nSPS) is 13.0. The van der Waals surface area contributed by atoms with E-state index in [1.807, 2.05) is 7.05 Å². The van der Waals surface area contributed by atoms with Crippen LogP contribution in [0.2, 0.25) is 0 Å². The molecule has 1 aromatic rings. The molecule has 17 heavy (non-hydrogen) atoms. The molecule has 1 aromatic heterocycles. The highest BCUT2D eigenvalue weighted by molar-refractivity contribution is 9.10. The van der Waals surface area contributed by atoms with Gasteiger partial charge in [0, 0.05) is 6.54 Å². The average Bonchev–Trinajstić information content (AvgIpc) is 2.63. The van der Waals surface area contributed by atoms with E-state index in [1.165, 1.54) is 22.3 Å². The van der Waals surface area contributed by atoms with Crippen molar-refractivity contribution in [2.75, 3.05) is 13.6 Å². The predicted molar refractivity (Wildman–Crippen MR) is 76.4 cm³/mol. The van der Waals surface area contributed by atoms with E-state index in [9.17, 15) is 0 Å². The van der Waals surface area contributed by atoms with E-state index in [2.05, 4.69) is 51.8 Å². The first-order chi connectivity index (χ1) is 8.13. The molecule has 3 nitrogen and oxygen atoms in total. The second kappa shape index (κ2) is 7.17. The molecule has 0 aliphatic heterocycles. The predicted octanol–water partition coefficient (Wildman–Crippen LogP) is 3.02. The van der Waals surface area contributed by atoms with Crippen molar-refractivity contribution in [1.29, 1.82) is 0 Å². The highest BCUT2D eigenvalue weighted by Gasteiger charge is 2.15. The molecule has 1 rings (SSSR count). The Labute approximate surface area is 113 Å². The van der Waals surface area contributed by atoms with Gasteiger partial charge in [0.1, 0.15) is 0 Å². The molecular weight excluding hydrogens is 278 g/mol. The molecule has 0 aliphatic carbocycles. The summed E-state index contributed by atoms with van der Waals surface area (Å²) in [7, 11) is 2.01. The smallest absolute Gasteiger partial charge is 0.0766 e. The Balaban J connectivity index is 2.78. The molecule has 0 spiro atoms. The minimum Gasteiger partial charge on any atom is -0.320 e. The van der Waals surface area contributed by atoms with Gasteiger partial charge in [0.05, 0.1) is 15.9 Å². The number of hydrogen-bond donors (Lipinski definition) is 1. The van der Waals surface area contributed by atoms with Crippen LogP contribution in [0, 0.1) is 5.92 Å². The van der Waals surface area contributed by atoms with Crippen molar-refractivity contribution >= 4 is 15.9 Å². The Kier molecular flexibility index (Phi) is 6.20. The minimum absolute atomic E-state index is 0.686. The number of halogens is 1. The molecule has 0 radical (unpaired) electrons. The summed E-state index contributed by atoms with van der Waals surface area (Å²) in [6.45, 7) is 8.65. The van der Waals surface area contributed by atoms with E-state index in [0.717, 1.165) is 25.9 Å². The second-order valence-electron chi connectivity index (χ2n) is 4.58. The van der Waals surface area contributed by atoms with Gasteiger partial charge in [-0.2, -0.15) is 5.10 Å². The summed E-state index contributed by atoms with van der Waals surface area (Å²) in [5.74, 6) is 0.686. The molecule has 0 amide bonds. The summed E-state index contributed by atoms with van der Waals surface area (Å²) in [4.78, 5) is 0. The van der Waals surface area contributed by atoms with Gasteiger partial charge in [-0.3, -0.25) is 4.68 Å². The highest BCUT2D eigenvalue weighted by atomic mass is 79.9. The van der Waals surface area contributed by atoms with Gasteiger partial charge < -0.3 is 5.32 Å². The van der Waals surface area contributed by atoms with E-state index in [4.69, 9.17) is 0 Å². The molecule has 98 valence electrons. The van der Waals surface area contributed by atoms with E-state index in [-0.39, 0.29) is 0 Å². The third-order valence-corrected chi connectivity index (χ3v) is 4.04. The fourth-order valence-electron chi connectivity index (χ4n) is 2.04. The molecule has 0 saturated carbocycles. The van der Waals surface area contributed by atoms with Crippen molar-refractivity contribution in [2.24, 2.45) is 5.92 Å². The first kappa shape index (κ1) is 14.7. The zero-order valence-electron chi connectivity index (χ0n) is 11.4. The summed E-state index contributed by atoms with van der Waals surface area (Å²) >= 11 is 3.70. The number of aromatic nitrogens is 2. The van der Waals surface area contributed by atoms with Crippen LogP contribution in [0.25, 0.3) is 0 Å². The Morgan fingerprint density at radius 1 is 1.41 bits per heavy atom. The molecule has 1 heterocycles. The van der Waals surface area contributed by atoms with Crippen LogP contribution in [0.1, 0.15) is 38.6 Å². The molecule has 0 saturated heterocycles. The molecule has 0 aliphatic rings. The second-order valence-corrected chi connectivity index (χ2v) is 5.37. The lowest BCUT2D eigenvalue weighted by atomic mass is 10.0. The van der Waals surface area contributed by atoms with Gasteiger partial charge in [-0.15, -0.1) is 0 Å². The standard InChI is InChI=1S/C13H24BrN3/c1-5-11-13(14)12(17(6-2)16-11)9-10(3)7-8-15-4/h10,15H,5-9H2,1-4H3. The van der Waals surface area contributed by atoms with Crippen LogP contribution in [0.5, 0.6) is 0 Å². The van der Waals surface area contributed by atoms with Crippen molar-refractivity contribution < 1.29 is 0 Å². The average molecular weight is 302 g/mol. The molecule has 0 fully saturated rings. The van der Waals surface area contributed by atoms with Crippen molar-refractivity contribution in [2.45, 2.75) is 46.6 Å². The number of nitrogens with zero attached hydrogens (tertiary/aromatic N) is 2. The number of rotatable bonds is 7.